The Morgan fingerprint density at radius 3 is 2.09 bits per heavy atom. The average molecular weight is 485 g/mol. The van der Waals surface area contributed by atoms with Gasteiger partial charge < -0.3 is 4.90 Å². The fourth-order valence-corrected chi connectivity index (χ4v) is 8.32. The van der Waals surface area contributed by atoms with Gasteiger partial charge in [0.05, 0.1) is 5.54 Å². The third-order valence-electron chi connectivity index (χ3n) is 11.0. The smallest absolute Gasteiger partial charge is 0.0800 e. The lowest BCUT2D eigenvalue weighted by atomic mass is 9.68. The van der Waals surface area contributed by atoms with E-state index in [1.165, 1.54) is 109 Å². The molecule has 2 nitrogen and oxygen atoms in total. The number of piperazine rings is 1. The van der Waals surface area contributed by atoms with Gasteiger partial charge in [-0.15, -0.1) is 5.92 Å². The Balaban J connectivity index is 1.72. The van der Waals surface area contributed by atoms with Crippen molar-refractivity contribution in [3.05, 3.63) is 0 Å². The lowest BCUT2D eigenvalue weighted by Crippen LogP contribution is -2.67. The summed E-state index contributed by atoms with van der Waals surface area (Å²) in [4.78, 5) is 5.69. The molecule has 2 bridgehead atoms. The van der Waals surface area contributed by atoms with Crippen LogP contribution in [0.5, 0.6) is 0 Å². The topological polar surface area (TPSA) is 6.48 Å². The SMILES string of the molecule is CCCCCCCCC#C[C@](C)(CCCCCCCC)N1CCN(C)[C@@H]2[C@H]1[C@H]1CC[C@]2(C)C1(C)C. The van der Waals surface area contributed by atoms with Crippen molar-refractivity contribution in [1.82, 2.24) is 9.80 Å². The van der Waals surface area contributed by atoms with Crippen LogP contribution in [0, 0.1) is 28.6 Å². The van der Waals surface area contributed by atoms with Gasteiger partial charge in [-0.05, 0) is 56.4 Å². The molecule has 2 saturated carbocycles. The average Bonchev–Trinajstić information content (AvgIpc) is 3.16. The van der Waals surface area contributed by atoms with Crippen molar-refractivity contribution in [2.75, 3.05) is 20.1 Å². The highest BCUT2D eigenvalue weighted by molar-refractivity contribution is 5.26. The molecule has 2 heteroatoms. The molecule has 0 aromatic heterocycles. The minimum atomic E-state index is 0.0358. The third-order valence-corrected chi connectivity index (χ3v) is 11.0. The van der Waals surface area contributed by atoms with Crippen molar-refractivity contribution >= 4 is 0 Å². The zero-order chi connectivity index (χ0) is 25.5. The van der Waals surface area contributed by atoms with Crippen LogP contribution >= 0.6 is 0 Å². The Morgan fingerprint density at radius 2 is 1.43 bits per heavy atom. The van der Waals surface area contributed by atoms with E-state index in [-0.39, 0.29) is 5.54 Å². The molecule has 202 valence electrons. The summed E-state index contributed by atoms with van der Waals surface area (Å²) in [6, 6.07) is 1.37. The van der Waals surface area contributed by atoms with E-state index in [0.29, 0.717) is 22.9 Å². The maximum Gasteiger partial charge on any atom is 0.0800 e. The minimum Gasteiger partial charge on any atom is -0.300 e. The lowest BCUT2D eigenvalue weighted by molar-refractivity contribution is -0.0580. The zero-order valence-corrected chi connectivity index (χ0v) is 24.9. The van der Waals surface area contributed by atoms with Gasteiger partial charge in [0.2, 0.25) is 0 Å². The molecule has 0 amide bonds. The Bertz CT molecular complexity index is 702. The summed E-state index contributed by atoms with van der Waals surface area (Å²) in [5.41, 5.74) is 0.892. The van der Waals surface area contributed by atoms with Crippen LogP contribution in [-0.4, -0.2) is 47.6 Å². The number of unbranched alkanes of at least 4 members (excludes halogenated alkanes) is 11. The molecule has 1 heterocycles. The lowest BCUT2D eigenvalue weighted by Gasteiger charge is -2.55. The second-order valence-corrected chi connectivity index (χ2v) is 13.5. The van der Waals surface area contributed by atoms with E-state index in [4.69, 9.17) is 0 Å². The first-order chi connectivity index (χ1) is 16.7. The standard InChI is InChI=1S/C33H60N2/c1-8-10-12-14-16-17-19-21-24-32(5,23-20-18-15-13-11-9-2)35-27-26-34(7)30-29(35)28-22-25-33(30,6)31(28,3)4/h28-30H,8-20,22-23,25-27H2,1-7H3/t28-,29-,30-,32+,33+/m1/s1. The molecule has 3 fully saturated rings. The van der Waals surface area contributed by atoms with Crippen molar-refractivity contribution in [3.8, 4) is 11.8 Å². The molecule has 0 radical (unpaired) electrons. The van der Waals surface area contributed by atoms with Crippen LogP contribution < -0.4 is 0 Å². The maximum atomic E-state index is 3.95. The quantitative estimate of drug-likeness (QED) is 0.180. The van der Waals surface area contributed by atoms with Crippen LogP contribution in [0.2, 0.25) is 0 Å². The highest BCUT2D eigenvalue weighted by Gasteiger charge is 2.69. The van der Waals surface area contributed by atoms with Crippen molar-refractivity contribution in [1.29, 1.82) is 0 Å². The second-order valence-electron chi connectivity index (χ2n) is 13.5. The number of nitrogens with zero attached hydrogens (tertiary/aromatic N) is 2. The summed E-state index contributed by atoms with van der Waals surface area (Å²) >= 11 is 0. The third kappa shape index (κ3) is 6.14. The first-order valence-electron chi connectivity index (χ1n) is 15.7. The molecule has 1 saturated heterocycles. The van der Waals surface area contributed by atoms with Crippen LogP contribution in [0.4, 0.5) is 0 Å². The molecule has 0 aromatic rings. The van der Waals surface area contributed by atoms with Gasteiger partial charge in [0, 0.05) is 31.6 Å². The monoisotopic (exact) mass is 484 g/mol. The van der Waals surface area contributed by atoms with Gasteiger partial charge >= 0.3 is 0 Å². The van der Waals surface area contributed by atoms with E-state index in [0.717, 1.165) is 12.3 Å². The normalized spacial score (nSPS) is 31.7. The van der Waals surface area contributed by atoms with Crippen LogP contribution in [0.1, 0.15) is 144 Å². The molecule has 0 spiro atoms. The van der Waals surface area contributed by atoms with E-state index in [1.54, 1.807) is 0 Å². The van der Waals surface area contributed by atoms with E-state index in [2.05, 4.69) is 70.2 Å². The van der Waals surface area contributed by atoms with Crippen molar-refractivity contribution in [2.24, 2.45) is 16.7 Å². The van der Waals surface area contributed by atoms with Crippen molar-refractivity contribution < 1.29 is 0 Å². The summed E-state index contributed by atoms with van der Waals surface area (Å²) in [5.74, 6) is 8.50. The summed E-state index contributed by atoms with van der Waals surface area (Å²) in [7, 11) is 2.41. The second kappa shape index (κ2) is 12.8. The molecular weight excluding hydrogens is 424 g/mol. The Labute approximate surface area is 220 Å². The van der Waals surface area contributed by atoms with Crippen LogP contribution in [0.15, 0.2) is 0 Å². The number of rotatable bonds is 14. The van der Waals surface area contributed by atoms with Gasteiger partial charge in [0.25, 0.3) is 0 Å². The van der Waals surface area contributed by atoms with Gasteiger partial charge in [0.1, 0.15) is 0 Å². The highest BCUT2D eigenvalue weighted by atomic mass is 15.4. The predicted octanol–water partition coefficient (Wildman–Crippen LogP) is 8.69. The van der Waals surface area contributed by atoms with Crippen molar-refractivity contribution in [2.45, 2.75) is 162 Å². The molecule has 2 aliphatic carbocycles. The molecule has 3 rings (SSSR count). The molecule has 1 aliphatic heterocycles. The molecule has 5 atom stereocenters. The number of hydrogen-bond acceptors (Lipinski definition) is 2. The van der Waals surface area contributed by atoms with Crippen LogP contribution in [0.25, 0.3) is 0 Å². The van der Waals surface area contributed by atoms with E-state index >= 15 is 0 Å². The van der Waals surface area contributed by atoms with E-state index in [9.17, 15) is 0 Å². The Kier molecular flexibility index (Phi) is 10.6. The van der Waals surface area contributed by atoms with Crippen LogP contribution in [0.3, 0.4) is 0 Å². The van der Waals surface area contributed by atoms with E-state index < -0.39 is 0 Å². The largest absolute Gasteiger partial charge is 0.300 e. The summed E-state index contributed by atoms with van der Waals surface area (Å²) in [6.07, 6.45) is 21.6. The van der Waals surface area contributed by atoms with Gasteiger partial charge in [-0.3, -0.25) is 4.90 Å². The fourth-order valence-electron chi connectivity index (χ4n) is 8.32. The van der Waals surface area contributed by atoms with Gasteiger partial charge in [-0.1, -0.05) is 111 Å². The molecular formula is C33H60N2. The molecule has 3 aliphatic rings. The van der Waals surface area contributed by atoms with Gasteiger partial charge in [0.15, 0.2) is 0 Å². The Morgan fingerprint density at radius 1 is 0.829 bits per heavy atom. The molecule has 0 aromatic carbocycles. The Hall–Kier alpha value is -0.520. The maximum absolute atomic E-state index is 3.95. The predicted molar refractivity (Wildman–Crippen MR) is 154 cm³/mol. The first-order valence-corrected chi connectivity index (χ1v) is 15.7. The zero-order valence-electron chi connectivity index (χ0n) is 24.9. The van der Waals surface area contributed by atoms with Gasteiger partial charge in [-0.2, -0.15) is 0 Å². The molecule has 0 N–H and O–H groups in total. The summed E-state index contributed by atoms with van der Waals surface area (Å²) < 4.78 is 0. The summed E-state index contributed by atoms with van der Waals surface area (Å²) in [6.45, 7) is 17.3. The number of hydrogen-bond donors (Lipinski definition) is 0. The first kappa shape index (κ1) is 29.0. The van der Waals surface area contributed by atoms with Crippen LogP contribution in [-0.2, 0) is 0 Å². The minimum absolute atomic E-state index is 0.0358. The summed E-state index contributed by atoms with van der Waals surface area (Å²) in [5, 5.41) is 0. The highest BCUT2D eigenvalue weighted by Crippen LogP contribution is 2.68. The number of fused-ring (bicyclic) bond motifs is 5. The number of likely N-dealkylation sites (N-methyl/N-ethyl adjacent to an activating group) is 1. The van der Waals surface area contributed by atoms with E-state index in [1.807, 2.05) is 0 Å². The molecule has 35 heavy (non-hydrogen) atoms. The van der Waals surface area contributed by atoms with Crippen molar-refractivity contribution in [3.63, 3.8) is 0 Å². The fraction of sp³-hybridized carbons (Fsp3) is 0.939. The molecule has 0 unspecified atom stereocenters. The van der Waals surface area contributed by atoms with Gasteiger partial charge in [-0.25, -0.2) is 0 Å².